The maximum absolute atomic E-state index is 11.7. The fraction of sp³-hybridized carbons (Fsp3) is 0.818. The molecule has 0 aliphatic heterocycles. The molecule has 0 spiro atoms. The van der Waals surface area contributed by atoms with E-state index in [-0.39, 0.29) is 11.8 Å². The van der Waals surface area contributed by atoms with Crippen LogP contribution in [0.5, 0.6) is 0 Å². The minimum Gasteiger partial charge on any atom is -0.613 e. The Morgan fingerprint density at radius 3 is 2.24 bits per heavy atom. The number of hydrogen-bond donors (Lipinski definition) is 3. The number of hydroxylamine groups is 3. The van der Waals surface area contributed by atoms with Crippen molar-refractivity contribution >= 4 is 0 Å². The summed E-state index contributed by atoms with van der Waals surface area (Å²) in [5.74, 6) is 0. The number of quaternary nitrogens is 2. The van der Waals surface area contributed by atoms with E-state index in [0.29, 0.717) is 6.42 Å². The molecule has 0 radical (unpaired) electrons. The monoisotopic (exact) mass is 247 g/mol. The van der Waals surface area contributed by atoms with Gasteiger partial charge in [0.25, 0.3) is 0 Å². The second-order valence-corrected chi connectivity index (χ2v) is 5.20. The van der Waals surface area contributed by atoms with Gasteiger partial charge >= 0.3 is 0 Å². The molecule has 0 saturated carbocycles. The normalized spacial score (nSPS) is 16.6. The Bertz CT molecular complexity index is 244. The van der Waals surface area contributed by atoms with Gasteiger partial charge in [-0.15, -0.1) is 12.0 Å². The molecule has 0 aromatic heterocycles. The van der Waals surface area contributed by atoms with Gasteiger partial charge in [0.2, 0.25) is 6.67 Å². The molecular weight excluding hydrogens is 222 g/mol. The van der Waals surface area contributed by atoms with E-state index in [1.807, 2.05) is 20.8 Å². The third kappa shape index (κ3) is 6.11. The Morgan fingerprint density at radius 2 is 1.82 bits per heavy atom. The molecule has 102 valence electrons. The molecule has 0 heterocycles. The van der Waals surface area contributed by atoms with Crippen LogP contribution in [0.15, 0.2) is 12.7 Å². The van der Waals surface area contributed by atoms with Gasteiger partial charge in [-0.25, -0.2) is 5.23 Å². The predicted molar refractivity (Wildman–Crippen MR) is 66.4 cm³/mol. The van der Waals surface area contributed by atoms with Crippen molar-refractivity contribution in [1.82, 2.24) is 5.43 Å². The molecule has 0 aromatic carbocycles. The van der Waals surface area contributed by atoms with E-state index in [2.05, 4.69) is 12.0 Å². The van der Waals surface area contributed by atoms with Crippen LogP contribution in [0.2, 0.25) is 0 Å². The standard InChI is InChI=1S/C11H25N3O3/c1-7-10(3,4)14(16)12-9-13(15)17-11(5,6)8-2/h8,12-14H,2,7,9H2,1,3-6H3. The largest absolute Gasteiger partial charge is 0.613 e. The Hall–Kier alpha value is -0.500. The Balaban J connectivity index is 4.08. The molecule has 17 heavy (non-hydrogen) atoms. The maximum atomic E-state index is 11.7. The van der Waals surface area contributed by atoms with Gasteiger partial charge in [0.15, 0.2) is 0 Å². The zero-order valence-electron chi connectivity index (χ0n) is 11.4. The molecule has 0 amide bonds. The van der Waals surface area contributed by atoms with E-state index in [1.165, 1.54) is 0 Å². The number of rotatable bonds is 8. The van der Waals surface area contributed by atoms with Crippen LogP contribution in [0.4, 0.5) is 0 Å². The van der Waals surface area contributed by atoms with Crippen molar-refractivity contribution in [1.29, 1.82) is 0 Å². The zero-order chi connectivity index (χ0) is 13.7. The third-order valence-corrected chi connectivity index (χ3v) is 2.76. The first-order chi connectivity index (χ1) is 7.64. The van der Waals surface area contributed by atoms with Crippen molar-refractivity contribution in [3.63, 3.8) is 0 Å². The summed E-state index contributed by atoms with van der Waals surface area (Å²) in [5.41, 5.74) is 1.40. The highest BCUT2D eigenvalue weighted by Crippen LogP contribution is 2.04. The van der Waals surface area contributed by atoms with Crippen molar-refractivity contribution in [2.75, 3.05) is 6.67 Å². The lowest BCUT2D eigenvalue weighted by molar-refractivity contribution is -1.09. The predicted octanol–water partition coefficient (Wildman–Crippen LogP) is -0.701. The summed E-state index contributed by atoms with van der Waals surface area (Å²) < 4.78 is 0. The van der Waals surface area contributed by atoms with Crippen molar-refractivity contribution < 1.29 is 15.2 Å². The highest BCUT2D eigenvalue weighted by molar-refractivity contribution is 4.87. The van der Waals surface area contributed by atoms with Crippen molar-refractivity contribution in [3.8, 4) is 0 Å². The lowest BCUT2D eigenvalue weighted by Crippen LogP contribution is -3.26. The molecule has 3 N–H and O–H groups in total. The molecule has 0 saturated heterocycles. The molecular formula is C11H25N3O3. The average molecular weight is 247 g/mol. The summed E-state index contributed by atoms with van der Waals surface area (Å²) in [6.45, 7) is 12.5. The first-order valence-corrected chi connectivity index (χ1v) is 5.78. The van der Waals surface area contributed by atoms with Crippen molar-refractivity contribution in [2.45, 2.75) is 52.2 Å². The number of nitrogens with one attached hydrogen (secondary N) is 3. The second kappa shape index (κ2) is 6.44. The van der Waals surface area contributed by atoms with Crippen molar-refractivity contribution in [3.05, 3.63) is 23.1 Å². The van der Waals surface area contributed by atoms with Gasteiger partial charge < -0.3 is 10.4 Å². The summed E-state index contributed by atoms with van der Waals surface area (Å²) in [5, 5.41) is 22.5. The summed E-state index contributed by atoms with van der Waals surface area (Å²) in [4.78, 5) is 5.11. The van der Waals surface area contributed by atoms with Gasteiger partial charge in [-0.2, -0.15) is 4.84 Å². The first kappa shape index (κ1) is 16.5. The van der Waals surface area contributed by atoms with E-state index >= 15 is 0 Å². The van der Waals surface area contributed by atoms with E-state index < -0.39 is 16.4 Å². The SMILES string of the molecule is C=CC(C)(C)O[NH+]([O-])CN[NH+]([O-])C(C)(C)CC. The van der Waals surface area contributed by atoms with Crippen LogP contribution in [0.1, 0.15) is 41.0 Å². The van der Waals surface area contributed by atoms with Gasteiger partial charge in [-0.1, -0.05) is 13.0 Å². The summed E-state index contributed by atoms with van der Waals surface area (Å²) in [6.07, 6.45) is 2.26. The molecule has 0 bridgehead atoms. The minimum atomic E-state index is -0.706. The molecule has 2 unspecified atom stereocenters. The van der Waals surface area contributed by atoms with Crippen LogP contribution >= 0.6 is 0 Å². The Labute approximate surface area is 103 Å². The third-order valence-electron chi connectivity index (χ3n) is 2.76. The van der Waals surface area contributed by atoms with E-state index in [4.69, 9.17) is 4.84 Å². The molecule has 0 fully saturated rings. The molecule has 0 rings (SSSR count). The van der Waals surface area contributed by atoms with Crippen LogP contribution in [0.3, 0.4) is 0 Å². The molecule has 6 nitrogen and oxygen atoms in total. The average Bonchev–Trinajstić information content (AvgIpc) is 2.25. The molecule has 6 heteroatoms. The number of hydrogen-bond acceptors (Lipinski definition) is 4. The Morgan fingerprint density at radius 1 is 1.29 bits per heavy atom. The van der Waals surface area contributed by atoms with Crippen LogP contribution in [-0.2, 0) is 4.84 Å². The quantitative estimate of drug-likeness (QED) is 0.301. The van der Waals surface area contributed by atoms with E-state index in [0.717, 1.165) is 0 Å². The summed E-state index contributed by atoms with van der Waals surface area (Å²) in [7, 11) is 0. The highest BCUT2D eigenvalue weighted by atomic mass is 16.9. The fourth-order valence-corrected chi connectivity index (χ4v) is 0.923. The van der Waals surface area contributed by atoms with Crippen LogP contribution in [0, 0.1) is 10.4 Å². The van der Waals surface area contributed by atoms with Crippen LogP contribution in [0.25, 0.3) is 0 Å². The molecule has 0 aliphatic rings. The van der Waals surface area contributed by atoms with Gasteiger partial charge in [-0.05, 0) is 27.7 Å². The van der Waals surface area contributed by atoms with Gasteiger partial charge in [0, 0.05) is 6.42 Å². The van der Waals surface area contributed by atoms with Gasteiger partial charge in [0.1, 0.15) is 11.1 Å². The highest BCUT2D eigenvalue weighted by Gasteiger charge is 2.24. The molecule has 0 aliphatic carbocycles. The second-order valence-electron chi connectivity index (χ2n) is 5.20. The molecule has 2 atom stereocenters. The van der Waals surface area contributed by atoms with Crippen LogP contribution < -0.4 is 15.8 Å². The zero-order valence-corrected chi connectivity index (χ0v) is 11.4. The van der Waals surface area contributed by atoms with Gasteiger partial charge in [0.05, 0.1) is 0 Å². The summed E-state index contributed by atoms with van der Waals surface area (Å²) >= 11 is 0. The van der Waals surface area contributed by atoms with Crippen molar-refractivity contribution in [2.24, 2.45) is 0 Å². The van der Waals surface area contributed by atoms with E-state index in [9.17, 15) is 10.4 Å². The summed E-state index contributed by atoms with van der Waals surface area (Å²) in [6, 6.07) is 0. The first-order valence-electron chi connectivity index (χ1n) is 5.78. The Kier molecular flexibility index (Phi) is 6.25. The fourth-order valence-electron chi connectivity index (χ4n) is 0.923. The maximum Gasteiger partial charge on any atom is 0.203 e. The lowest BCUT2D eigenvalue weighted by Gasteiger charge is -2.38. The van der Waals surface area contributed by atoms with E-state index in [1.54, 1.807) is 19.9 Å². The lowest BCUT2D eigenvalue weighted by atomic mass is 10.0. The van der Waals surface area contributed by atoms with Crippen LogP contribution in [-0.4, -0.2) is 17.8 Å². The van der Waals surface area contributed by atoms with Gasteiger partial charge in [-0.3, -0.25) is 5.17 Å². The minimum absolute atomic E-state index is 0.112. The molecule has 0 aromatic rings. The smallest absolute Gasteiger partial charge is 0.203 e. The topological polar surface area (TPSA) is 76.3 Å².